The molecule has 5 heteroatoms. The number of rotatable bonds is 4. The summed E-state index contributed by atoms with van der Waals surface area (Å²) in [6.45, 7) is 1.57. The Morgan fingerprint density at radius 1 is 1.30 bits per heavy atom. The van der Waals surface area contributed by atoms with Gasteiger partial charge < -0.3 is 18.8 Å². The van der Waals surface area contributed by atoms with Crippen LogP contribution in [-0.2, 0) is 17.7 Å². The van der Waals surface area contributed by atoms with Crippen molar-refractivity contribution in [3.63, 3.8) is 0 Å². The molecule has 2 heterocycles. The minimum absolute atomic E-state index is 0.377. The van der Waals surface area contributed by atoms with Crippen molar-refractivity contribution in [1.29, 1.82) is 0 Å². The number of anilines is 1. The molecule has 0 amide bonds. The molecule has 0 unspecified atom stereocenters. The number of furan rings is 1. The molecule has 0 fully saturated rings. The Kier molecular flexibility index (Phi) is 4.55. The van der Waals surface area contributed by atoms with E-state index in [1.165, 1.54) is 24.6 Å². The van der Waals surface area contributed by atoms with Crippen molar-refractivity contribution < 1.29 is 18.7 Å². The lowest BCUT2D eigenvalue weighted by atomic mass is 10.1. The number of methoxy groups -OCH3 is 2. The quantitative estimate of drug-likeness (QED) is 0.809. The number of benzene rings is 1. The van der Waals surface area contributed by atoms with E-state index in [1.54, 1.807) is 13.2 Å². The molecule has 0 atom stereocenters. The van der Waals surface area contributed by atoms with Crippen molar-refractivity contribution in [3.8, 4) is 5.75 Å². The van der Waals surface area contributed by atoms with Crippen LogP contribution in [0.5, 0.6) is 5.75 Å². The Labute approximate surface area is 135 Å². The second kappa shape index (κ2) is 6.77. The third-order valence-electron chi connectivity index (χ3n) is 4.20. The molecule has 3 rings (SSSR count). The maximum Gasteiger partial charge on any atom is 0.341 e. The second-order valence-corrected chi connectivity index (χ2v) is 5.63. The van der Waals surface area contributed by atoms with Crippen LogP contribution in [0.1, 0.15) is 34.5 Å². The number of carbonyl (C=O) groups is 1. The smallest absolute Gasteiger partial charge is 0.341 e. The molecule has 122 valence electrons. The molecular formula is C18H21NO4. The fourth-order valence-electron chi connectivity index (χ4n) is 3.06. The number of hydrogen-bond acceptors (Lipinski definition) is 5. The number of nitrogens with zero attached hydrogens (tertiary/aromatic N) is 1. The Morgan fingerprint density at radius 3 is 2.96 bits per heavy atom. The fourth-order valence-corrected chi connectivity index (χ4v) is 3.06. The SMILES string of the molecule is COC(=O)c1coc(CN2CCCCc3c(OC)cccc32)c1. The third kappa shape index (κ3) is 3.18. The van der Waals surface area contributed by atoms with E-state index in [4.69, 9.17) is 13.9 Å². The first-order chi connectivity index (χ1) is 11.2. The van der Waals surface area contributed by atoms with Crippen LogP contribution in [0.4, 0.5) is 5.69 Å². The molecule has 23 heavy (non-hydrogen) atoms. The van der Waals surface area contributed by atoms with Gasteiger partial charge in [0, 0.05) is 17.8 Å². The molecule has 1 aliphatic rings. The first kappa shape index (κ1) is 15.5. The normalized spacial score (nSPS) is 14.1. The van der Waals surface area contributed by atoms with E-state index in [0.717, 1.165) is 37.3 Å². The summed E-state index contributed by atoms with van der Waals surface area (Å²) in [5, 5.41) is 0. The summed E-state index contributed by atoms with van der Waals surface area (Å²) < 4.78 is 15.8. The van der Waals surface area contributed by atoms with Crippen molar-refractivity contribution in [3.05, 3.63) is 47.4 Å². The molecule has 0 spiro atoms. The topological polar surface area (TPSA) is 51.9 Å². The fraction of sp³-hybridized carbons (Fsp3) is 0.389. The van der Waals surface area contributed by atoms with Gasteiger partial charge in [0.05, 0.1) is 26.3 Å². The highest BCUT2D eigenvalue weighted by atomic mass is 16.5. The van der Waals surface area contributed by atoms with E-state index in [0.29, 0.717) is 12.1 Å². The predicted octanol–water partition coefficient (Wildman–Crippen LogP) is 3.42. The van der Waals surface area contributed by atoms with Crippen LogP contribution < -0.4 is 9.64 Å². The van der Waals surface area contributed by atoms with Crippen LogP contribution >= 0.6 is 0 Å². The summed E-state index contributed by atoms with van der Waals surface area (Å²) in [6, 6.07) is 7.88. The van der Waals surface area contributed by atoms with Gasteiger partial charge in [-0.2, -0.15) is 0 Å². The van der Waals surface area contributed by atoms with Gasteiger partial charge in [-0.05, 0) is 37.5 Å². The van der Waals surface area contributed by atoms with Gasteiger partial charge in [-0.25, -0.2) is 4.79 Å². The number of carbonyl (C=O) groups excluding carboxylic acids is 1. The highest BCUT2D eigenvalue weighted by Crippen LogP contribution is 2.34. The zero-order valence-electron chi connectivity index (χ0n) is 13.5. The van der Waals surface area contributed by atoms with Crippen molar-refractivity contribution in [2.75, 3.05) is 25.7 Å². The van der Waals surface area contributed by atoms with Crippen LogP contribution in [0.25, 0.3) is 0 Å². The summed E-state index contributed by atoms with van der Waals surface area (Å²) >= 11 is 0. The van der Waals surface area contributed by atoms with Gasteiger partial charge in [0.2, 0.25) is 0 Å². The van der Waals surface area contributed by atoms with E-state index in [-0.39, 0.29) is 5.97 Å². The zero-order valence-corrected chi connectivity index (χ0v) is 13.5. The zero-order chi connectivity index (χ0) is 16.2. The monoisotopic (exact) mass is 315 g/mol. The number of hydrogen-bond donors (Lipinski definition) is 0. The first-order valence-corrected chi connectivity index (χ1v) is 7.79. The Balaban J connectivity index is 1.86. The molecule has 0 saturated heterocycles. The Bertz CT molecular complexity index is 692. The van der Waals surface area contributed by atoms with Crippen molar-refractivity contribution in [2.45, 2.75) is 25.8 Å². The lowest BCUT2D eigenvalue weighted by Crippen LogP contribution is -2.23. The molecule has 2 aromatic rings. The third-order valence-corrected chi connectivity index (χ3v) is 4.20. The standard InChI is InChI=1S/C18H21NO4/c1-21-17-8-5-7-16-15(17)6-3-4-9-19(16)11-14-10-13(12-23-14)18(20)22-2/h5,7-8,10,12H,3-4,6,9,11H2,1-2H3. The molecule has 1 aliphatic heterocycles. The molecule has 0 saturated carbocycles. The van der Waals surface area contributed by atoms with E-state index < -0.39 is 0 Å². The van der Waals surface area contributed by atoms with Crippen LogP contribution in [0.3, 0.4) is 0 Å². The van der Waals surface area contributed by atoms with Gasteiger partial charge in [-0.3, -0.25) is 0 Å². The molecule has 1 aromatic carbocycles. The van der Waals surface area contributed by atoms with Gasteiger partial charge in [0.15, 0.2) is 0 Å². The maximum atomic E-state index is 11.5. The Morgan fingerprint density at radius 2 is 2.17 bits per heavy atom. The van der Waals surface area contributed by atoms with Gasteiger partial charge in [-0.15, -0.1) is 0 Å². The van der Waals surface area contributed by atoms with Crippen molar-refractivity contribution in [2.24, 2.45) is 0 Å². The average Bonchev–Trinajstić information content (AvgIpc) is 2.95. The largest absolute Gasteiger partial charge is 0.496 e. The minimum atomic E-state index is -0.377. The van der Waals surface area contributed by atoms with Crippen LogP contribution in [0.2, 0.25) is 0 Å². The van der Waals surface area contributed by atoms with Crippen LogP contribution in [0, 0.1) is 0 Å². The number of esters is 1. The number of ether oxygens (including phenoxy) is 2. The molecule has 0 aliphatic carbocycles. The minimum Gasteiger partial charge on any atom is -0.496 e. The van der Waals surface area contributed by atoms with Gasteiger partial charge >= 0.3 is 5.97 Å². The molecular weight excluding hydrogens is 294 g/mol. The summed E-state index contributed by atoms with van der Waals surface area (Å²) in [4.78, 5) is 13.8. The first-order valence-electron chi connectivity index (χ1n) is 7.79. The average molecular weight is 315 g/mol. The second-order valence-electron chi connectivity index (χ2n) is 5.63. The summed E-state index contributed by atoms with van der Waals surface area (Å²) in [5.41, 5.74) is 2.87. The highest BCUT2D eigenvalue weighted by molar-refractivity contribution is 5.89. The van der Waals surface area contributed by atoms with E-state index >= 15 is 0 Å². The molecule has 0 N–H and O–H groups in total. The summed E-state index contributed by atoms with van der Waals surface area (Å²) in [6.07, 6.45) is 4.71. The van der Waals surface area contributed by atoms with Gasteiger partial charge in [0.1, 0.15) is 17.8 Å². The molecule has 0 radical (unpaired) electrons. The maximum absolute atomic E-state index is 11.5. The molecule has 5 nitrogen and oxygen atoms in total. The van der Waals surface area contributed by atoms with Crippen molar-refractivity contribution >= 4 is 11.7 Å². The van der Waals surface area contributed by atoms with Crippen LogP contribution in [0.15, 0.2) is 34.9 Å². The molecule has 0 bridgehead atoms. The van der Waals surface area contributed by atoms with E-state index in [9.17, 15) is 4.79 Å². The van der Waals surface area contributed by atoms with E-state index in [2.05, 4.69) is 11.0 Å². The van der Waals surface area contributed by atoms with Gasteiger partial charge in [0.25, 0.3) is 0 Å². The lowest BCUT2D eigenvalue weighted by molar-refractivity contribution is 0.0600. The highest BCUT2D eigenvalue weighted by Gasteiger charge is 2.20. The lowest BCUT2D eigenvalue weighted by Gasteiger charge is -2.24. The molecule has 1 aromatic heterocycles. The summed E-state index contributed by atoms with van der Waals surface area (Å²) in [5.74, 6) is 1.31. The Hall–Kier alpha value is -2.43. The van der Waals surface area contributed by atoms with E-state index in [1.807, 2.05) is 12.1 Å². The van der Waals surface area contributed by atoms with Crippen molar-refractivity contribution in [1.82, 2.24) is 0 Å². The predicted molar refractivity (Wildman–Crippen MR) is 87.0 cm³/mol. The van der Waals surface area contributed by atoms with Crippen LogP contribution in [-0.4, -0.2) is 26.7 Å². The number of fused-ring (bicyclic) bond motifs is 1. The summed E-state index contributed by atoms with van der Waals surface area (Å²) in [7, 11) is 3.08. The van der Waals surface area contributed by atoms with Gasteiger partial charge in [-0.1, -0.05) is 6.07 Å².